The highest BCUT2D eigenvalue weighted by atomic mass is 32.1. The van der Waals surface area contributed by atoms with Gasteiger partial charge in [0.15, 0.2) is 11.2 Å². The molecule has 12 nitrogen and oxygen atoms in total. The number of aromatic amines is 1. The third-order valence-electron chi connectivity index (χ3n) is 4.22. The van der Waals surface area contributed by atoms with Crippen LogP contribution in [0.1, 0.15) is 19.1 Å². The molecule has 1 aliphatic heterocycles. The average Bonchev–Trinajstić information content (AvgIpc) is 3.30. The number of nitrogens with two attached hydrogens (primary N) is 1. The van der Waals surface area contributed by atoms with E-state index in [0.29, 0.717) is 24.7 Å². The fourth-order valence-corrected chi connectivity index (χ4v) is 5.89. The first kappa shape index (κ1) is 21.6. The first-order valence-electron chi connectivity index (χ1n) is 8.79. The van der Waals surface area contributed by atoms with Gasteiger partial charge >= 0.3 is 7.28 Å². The van der Waals surface area contributed by atoms with E-state index in [0.717, 1.165) is 6.08 Å². The summed E-state index contributed by atoms with van der Waals surface area (Å²) in [7, 11) is -4.12. The molecular weight excluding hydrogens is 422 g/mol. The highest BCUT2D eigenvalue weighted by Gasteiger charge is 2.30. The lowest BCUT2D eigenvalue weighted by Crippen LogP contribution is -2.24. The van der Waals surface area contributed by atoms with Crippen LogP contribution in [0.4, 0.5) is 5.95 Å². The molecule has 29 heavy (non-hydrogen) atoms. The van der Waals surface area contributed by atoms with E-state index in [1.165, 1.54) is 6.33 Å². The maximum atomic E-state index is 12.1. The number of amides is 1. The summed E-state index contributed by atoms with van der Waals surface area (Å²) in [5, 5.41) is 2.46. The molecule has 4 atom stereocenters. The number of anilines is 1. The molecule has 1 aliphatic rings. The number of nitrogens with zero attached hydrogens (tertiary/aromatic N) is 3. The lowest BCUT2D eigenvalue weighted by molar-refractivity contribution is -0.116. The molecule has 0 radical (unpaired) electrons. The number of imidazole rings is 1. The Morgan fingerprint density at radius 3 is 3.17 bits per heavy atom. The van der Waals surface area contributed by atoms with E-state index in [9.17, 15) is 19.0 Å². The largest absolute Gasteiger partial charge is 0.369 e. The molecule has 158 valence electrons. The van der Waals surface area contributed by atoms with E-state index < -0.39 is 19.1 Å². The van der Waals surface area contributed by atoms with Crippen LogP contribution in [0.3, 0.4) is 0 Å². The molecule has 2 aromatic rings. The summed E-state index contributed by atoms with van der Waals surface area (Å²) >= 11 is 0. The Balaban J connectivity index is 1.51. The number of nitrogens with one attached hydrogen (secondary N) is 2. The maximum absolute atomic E-state index is 12.1. The molecule has 1 amide bonds. The molecule has 5 N–H and O–H groups in total. The normalized spacial score (nSPS) is 21.6. The maximum Gasteiger partial charge on any atom is 0.343 e. The van der Waals surface area contributed by atoms with Crippen LogP contribution in [-0.2, 0) is 18.6 Å². The van der Waals surface area contributed by atoms with Crippen LogP contribution in [-0.4, -0.2) is 55.7 Å². The molecule has 0 aromatic carbocycles. The van der Waals surface area contributed by atoms with Crippen LogP contribution in [0.2, 0.25) is 0 Å². The number of hydrogen-bond donors (Lipinski definition) is 4. The Hall–Kier alpha value is -2.10. The second-order valence-electron chi connectivity index (χ2n) is 6.28. The molecule has 3 heterocycles. The fourth-order valence-electron chi connectivity index (χ4n) is 2.87. The van der Waals surface area contributed by atoms with E-state index in [2.05, 4.69) is 26.8 Å². The molecule has 1 fully saturated rings. The van der Waals surface area contributed by atoms with Crippen molar-refractivity contribution in [3.05, 3.63) is 29.3 Å². The van der Waals surface area contributed by atoms with Gasteiger partial charge in [-0.1, -0.05) is 6.58 Å². The van der Waals surface area contributed by atoms with E-state index in [-0.39, 0.29) is 44.9 Å². The van der Waals surface area contributed by atoms with Gasteiger partial charge in [-0.2, -0.15) is 4.98 Å². The van der Waals surface area contributed by atoms with Crippen molar-refractivity contribution in [3.63, 3.8) is 0 Å². The Labute approximate surface area is 167 Å². The molecule has 0 aliphatic carbocycles. The predicted octanol–water partition coefficient (Wildman–Crippen LogP) is 0.477. The second kappa shape index (κ2) is 9.15. The number of carbonyl (C=O) groups excluding carboxylic acids is 1. The van der Waals surface area contributed by atoms with Crippen molar-refractivity contribution >= 4 is 38.6 Å². The van der Waals surface area contributed by atoms with Crippen LogP contribution in [0.25, 0.3) is 11.2 Å². The molecule has 0 bridgehead atoms. The van der Waals surface area contributed by atoms with Gasteiger partial charge in [0.1, 0.15) is 6.23 Å². The molecule has 0 spiro atoms. The van der Waals surface area contributed by atoms with Crippen molar-refractivity contribution in [1.29, 1.82) is 0 Å². The zero-order valence-corrected chi connectivity index (χ0v) is 17.3. The Bertz CT molecular complexity index is 1010. The van der Waals surface area contributed by atoms with Crippen molar-refractivity contribution in [1.82, 2.24) is 24.8 Å². The number of fused-ring (bicyclic) bond motifs is 1. The zero-order valence-electron chi connectivity index (χ0n) is 15.4. The first-order valence-corrected chi connectivity index (χ1v) is 12.4. The van der Waals surface area contributed by atoms with E-state index in [1.807, 2.05) is 0 Å². The molecule has 1 saturated heterocycles. The summed E-state index contributed by atoms with van der Waals surface area (Å²) in [6, 6.07) is 0. The Kier molecular flexibility index (Phi) is 6.81. The van der Waals surface area contributed by atoms with Gasteiger partial charge in [0.25, 0.3) is 5.56 Å². The lowest BCUT2D eigenvalue weighted by atomic mass is 10.2. The van der Waals surface area contributed by atoms with E-state index in [4.69, 9.17) is 15.0 Å². The predicted molar refractivity (Wildman–Crippen MR) is 108 cm³/mol. The monoisotopic (exact) mass is 444 g/mol. The summed E-state index contributed by atoms with van der Waals surface area (Å²) in [5.74, 6) is -0.387. The van der Waals surface area contributed by atoms with Gasteiger partial charge in [-0.05, 0) is 18.9 Å². The number of nitrogen functional groups attached to an aromatic ring is 1. The highest BCUT2D eigenvalue weighted by Crippen LogP contribution is 2.61. The minimum Gasteiger partial charge on any atom is -0.369 e. The molecule has 3 rings (SSSR count). The Morgan fingerprint density at radius 1 is 1.62 bits per heavy atom. The minimum absolute atomic E-state index is 0.0112. The van der Waals surface area contributed by atoms with Crippen molar-refractivity contribution in [3.8, 4) is 0 Å². The van der Waals surface area contributed by atoms with Gasteiger partial charge in [0.05, 0.1) is 19.0 Å². The van der Waals surface area contributed by atoms with Crippen LogP contribution in [0, 0.1) is 0 Å². The second-order valence-corrected chi connectivity index (χ2v) is 10.9. The van der Waals surface area contributed by atoms with Gasteiger partial charge < -0.3 is 25.2 Å². The van der Waals surface area contributed by atoms with Gasteiger partial charge in [-0.25, -0.2) is 4.98 Å². The van der Waals surface area contributed by atoms with Crippen molar-refractivity contribution in [2.24, 2.45) is 0 Å². The van der Waals surface area contributed by atoms with Crippen molar-refractivity contribution in [2.45, 2.75) is 25.2 Å². The minimum atomic E-state index is -3.77. The van der Waals surface area contributed by atoms with Crippen molar-refractivity contribution in [2.75, 3.05) is 25.0 Å². The van der Waals surface area contributed by atoms with Crippen molar-refractivity contribution < 1.29 is 23.5 Å². The average molecular weight is 444 g/mol. The third-order valence-corrected chi connectivity index (χ3v) is 7.92. The number of ether oxygens (including phenoxy) is 1. The van der Waals surface area contributed by atoms with Crippen LogP contribution in [0.15, 0.2) is 23.8 Å². The lowest BCUT2D eigenvalue weighted by Gasteiger charge is -2.17. The molecule has 0 saturated carbocycles. The quantitative estimate of drug-likeness (QED) is 0.243. The standard InChI is InChI=1S/C15H22N6O6P2/c1-2-10(22)17-5-6-26-29(24,25)28-7-9-3-4-11(27-9)21-8-18-12-13(21)19-15(16)20-14(12)23/h2,8-9,11,28H,1,3-7H2,(H,17,22)(H,24,25)(H3,16,19,20,23)/t9-,11+/m0/s1. The fraction of sp³-hybridized carbons (Fsp3) is 0.467. The van der Waals surface area contributed by atoms with Crippen LogP contribution >= 0.6 is 15.6 Å². The van der Waals surface area contributed by atoms with E-state index >= 15 is 0 Å². The van der Waals surface area contributed by atoms with Crippen LogP contribution in [0.5, 0.6) is 0 Å². The number of H-pyrrole nitrogens is 1. The van der Waals surface area contributed by atoms with Crippen LogP contribution < -0.4 is 16.6 Å². The highest BCUT2D eigenvalue weighted by molar-refractivity contribution is 8.19. The molecule has 2 aromatic heterocycles. The summed E-state index contributed by atoms with van der Waals surface area (Å²) in [5.41, 5.74) is 5.68. The topological polar surface area (TPSA) is 174 Å². The van der Waals surface area contributed by atoms with E-state index in [1.54, 1.807) is 4.57 Å². The molecule has 14 heteroatoms. The molecular formula is C15H22N6O6P2. The number of aromatic nitrogens is 4. The summed E-state index contributed by atoms with van der Waals surface area (Å²) in [6.45, 7) is 3.35. The summed E-state index contributed by atoms with van der Waals surface area (Å²) < 4.78 is 24.7. The Morgan fingerprint density at radius 2 is 2.41 bits per heavy atom. The molecule has 2 unspecified atom stereocenters. The first-order chi connectivity index (χ1) is 13.8. The van der Waals surface area contributed by atoms with Gasteiger partial charge in [-0.15, -0.1) is 0 Å². The smallest absolute Gasteiger partial charge is 0.343 e. The summed E-state index contributed by atoms with van der Waals surface area (Å²) in [4.78, 5) is 43.4. The summed E-state index contributed by atoms with van der Waals surface area (Å²) in [6.07, 6.45) is 3.62. The van der Waals surface area contributed by atoms with Gasteiger partial charge in [0.2, 0.25) is 11.9 Å². The number of rotatable bonds is 9. The third kappa shape index (κ3) is 5.49. The zero-order chi connectivity index (χ0) is 21.0. The SMILES string of the molecule is C=CC(=O)NCCOP(=O)(O)PC[C@@H]1CC[C@H](n2cnc3c(=O)[nH]c(N)nc32)O1. The number of hydrogen-bond acceptors (Lipinski definition) is 8. The number of carbonyl (C=O) groups is 1. The van der Waals surface area contributed by atoms with Gasteiger partial charge in [-0.3, -0.25) is 23.7 Å². The van der Waals surface area contributed by atoms with Gasteiger partial charge in [0, 0.05) is 21.0 Å².